The van der Waals surface area contributed by atoms with E-state index in [-0.39, 0.29) is 24.8 Å². The largest absolute Gasteiger partial charge is 0.471 e. The predicted octanol–water partition coefficient (Wildman–Crippen LogP) is -0.123. The number of nitrogens with one attached hydrogen (secondary N) is 1. The van der Waals surface area contributed by atoms with Crippen molar-refractivity contribution in [3.05, 3.63) is 24.3 Å². The molecule has 1 saturated heterocycles. The number of phosphoric acid groups is 1. The summed E-state index contributed by atoms with van der Waals surface area (Å²) >= 11 is 0. The summed E-state index contributed by atoms with van der Waals surface area (Å²) in [5.74, 6) is -0.629. The third-order valence-electron chi connectivity index (χ3n) is 3.76. The van der Waals surface area contributed by atoms with Crippen LogP contribution in [0.4, 0.5) is 4.79 Å². The van der Waals surface area contributed by atoms with E-state index in [1.165, 1.54) is 23.3 Å². The topological polar surface area (TPSA) is 142 Å². The second-order valence-electron chi connectivity index (χ2n) is 7.20. The van der Waals surface area contributed by atoms with E-state index in [0.29, 0.717) is 6.42 Å². The number of hydrogen-bond donors (Lipinski definition) is 3. The van der Waals surface area contributed by atoms with Gasteiger partial charge in [0.05, 0.1) is 19.2 Å². The minimum atomic E-state index is -4.18. The summed E-state index contributed by atoms with van der Waals surface area (Å²) in [5, 5.41) is 0. The Kier molecular flexibility index (Phi) is 8.56. The van der Waals surface area contributed by atoms with E-state index in [2.05, 4.69) is 16.1 Å². The van der Waals surface area contributed by atoms with Gasteiger partial charge in [-0.05, 0) is 26.8 Å². The van der Waals surface area contributed by atoms with Gasteiger partial charge < -0.3 is 15.4 Å². The van der Waals surface area contributed by atoms with Gasteiger partial charge in [0, 0.05) is 13.5 Å². The zero-order valence-corrected chi connectivity index (χ0v) is 17.5. The van der Waals surface area contributed by atoms with Gasteiger partial charge in [0.15, 0.2) is 12.3 Å². The molecule has 1 heterocycles. The van der Waals surface area contributed by atoms with E-state index in [1.807, 2.05) is 0 Å². The lowest BCUT2D eigenvalue weighted by atomic mass is 10.2. The number of likely N-dealkylation sites (tertiary alicyclic amines) is 1. The molecule has 28 heavy (non-hydrogen) atoms. The van der Waals surface area contributed by atoms with Crippen LogP contribution in [0.15, 0.2) is 24.3 Å². The molecule has 1 fully saturated rings. The number of amides is 2. The minimum absolute atomic E-state index is 0.218. The zero-order chi connectivity index (χ0) is 21.5. The number of hydrogen-bond acceptors (Lipinski definition) is 6. The van der Waals surface area contributed by atoms with Gasteiger partial charge in [-0.15, -0.1) is 0 Å². The highest BCUT2D eigenvalue weighted by atomic mass is 31.2. The summed E-state index contributed by atoms with van der Waals surface area (Å²) in [7, 11) is -3.13. The van der Waals surface area contributed by atoms with Crippen LogP contribution in [0.5, 0.6) is 0 Å². The molecule has 0 saturated carbocycles. The average molecular weight is 418 g/mol. The Morgan fingerprint density at radius 1 is 1.43 bits per heavy atom. The lowest BCUT2D eigenvalue weighted by molar-refractivity contribution is -0.493. The number of carbonyl (C=O) groups excluding carboxylic acids is 2. The van der Waals surface area contributed by atoms with Crippen LogP contribution in [0.3, 0.4) is 0 Å². The summed E-state index contributed by atoms with van der Waals surface area (Å²) in [5.41, 5.74) is 4.80. The molecule has 3 unspecified atom stereocenters. The molecule has 10 nitrogen and oxygen atoms in total. The number of nitrogens with two attached hydrogens (primary N) is 1. The summed E-state index contributed by atoms with van der Waals surface area (Å²) in [6, 6.07) is -0.786. The number of rotatable bonds is 8. The fourth-order valence-electron chi connectivity index (χ4n) is 2.51. The van der Waals surface area contributed by atoms with Crippen molar-refractivity contribution < 1.29 is 37.8 Å². The molecule has 0 aromatic rings. The SMILES string of the molecule is C=C/C=C(\C=[NH+]C1CC(COP(=O)(O)OC)N(C(=O)OC(C)(C)C)C1)C(N)=O. The van der Waals surface area contributed by atoms with Gasteiger partial charge in [-0.25, -0.2) is 14.4 Å². The molecule has 1 rings (SSSR count). The maximum atomic E-state index is 12.5. The van der Waals surface area contributed by atoms with Gasteiger partial charge in [-0.3, -0.25) is 18.7 Å². The minimum Gasteiger partial charge on any atom is -0.444 e. The van der Waals surface area contributed by atoms with E-state index in [1.54, 1.807) is 20.8 Å². The lowest BCUT2D eigenvalue weighted by Crippen LogP contribution is -2.77. The first-order valence-corrected chi connectivity index (χ1v) is 10.1. The summed E-state index contributed by atoms with van der Waals surface area (Å²) in [6.07, 6.45) is 4.14. The van der Waals surface area contributed by atoms with E-state index >= 15 is 0 Å². The average Bonchev–Trinajstić information content (AvgIpc) is 2.98. The Hall–Kier alpha value is -2.00. The summed E-state index contributed by atoms with van der Waals surface area (Å²) in [4.78, 5) is 37.8. The van der Waals surface area contributed by atoms with Crippen molar-refractivity contribution in [2.75, 3.05) is 20.3 Å². The van der Waals surface area contributed by atoms with Crippen LogP contribution in [-0.2, 0) is 23.1 Å². The molecule has 1 aliphatic heterocycles. The van der Waals surface area contributed by atoms with E-state index < -0.39 is 31.5 Å². The van der Waals surface area contributed by atoms with E-state index in [9.17, 15) is 19.0 Å². The first-order chi connectivity index (χ1) is 12.9. The van der Waals surface area contributed by atoms with Crippen LogP contribution in [0, 0.1) is 0 Å². The van der Waals surface area contributed by atoms with Crippen molar-refractivity contribution >= 4 is 26.0 Å². The van der Waals surface area contributed by atoms with Crippen molar-refractivity contribution in [2.24, 2.45) is 5.73 Å². The number of phosphoric ester groups is 1. The number of allylic oxidation sites excluding steroid dienone is 2. The van der Waals surface area contributed by atoms with Crippen LogP contribution < -0.4 is 10.7 Å². The Balaban J connectivity index is 2.95. The molecule has 0 bridgehead atoms. The fraction of sp³-hybridized carbons (Fsp3) is 0.588. The van der Waals surface area contributed by atoms with Crippen molar-refractivity contribution in [2.45, 2.75) is 44.9 Å². The second kappa shape index (κ2) is 9.97. The van der Waals surface area contributed by atoms with Gasteiger partial charge in [0.25, 0.3) is 5.91 Å². The summed E-state index contributed by atoms with van der Waals surface area (Å²) < 4.78 is 26.3. The lowest BCUT2D eigenvalue weighted by Gasteiger charge is -2.28. The molecule has 158 valence electrons. The maximum absolute atomic E-state index is 12.5. The van der Waals surface area contributed by atoms with Gasteiger partial charge in [0.2, 0.25) is 0 Å². The molecular weight excluding hydrogens is 389 g/mol. The molecule has 3 atom stereocenters. The molecule has 0 aromatic heterocycles. The van der Waals surface area contributed by atoms with Crippen molar-refractivity contribution in [3.8, 4) is 0 Å². The molecule has 0 radical (unpaired) electrons. The first-order valence-electron chi connectivity index (χ1n) is 8.63. The molecule has 0 aliphatic carbocycles. The van der Waals surface area contributed by atoms with Crippen LogP contribution in [0.2, 0.25) is 0 Å². The highest BCUT2D eigenvalue weighted by Crippen LogP contribution is 2.42. The molecule has 11 heteroatoms. The Bertz CT molecular complexity index is 699. The fourth-order valence-corrected chi connectivity index (χ4v) is 2.97. The monoisotopic (exact) mass is 418 g/mol. The van der Waals surface area contributed by atoms with Gasteiger partial charge in [-0.1, -0.05) is 12.7 Å². The predicted molar refractivity (Wildman–Crippen MR) is 102 cm³/mol. The Morgan fingerprint density at radius 3 is 2.57 bits per heavy atom. The number of carbonyl (C=O) groups is 2. The smallest absolute Gasteiger partial charge is 0.444 e. The highest BCUT2D eigenvalue weighted by Gasteiger charge is 2.41. The molecule has 1 aliphatic rings. The first kappa shape index (κ1) is 24.0. The Labute approximate surface area is 164 Å². The molecular formula is C17H29N3O7P+. The number of primary amides is 1. The van der Waals surface area contributed by atoms with Gasteiger partial charge in [-0.2, -0.15) is 0 Å². The van der Waals surface area contributed by atoms with Crippen LogP contribution in [0.25, 0.3) is 0 Å². The van der Waals surface area contributed by atoms with Crippen LogP contribution in [-0.4, -0.2) is 66.0 Å². The van der Waals surface area contributed by atoms with Crippen molar-refractivity contribution in [1.29, 1.82) is 0 Å². The third kappa shape index (κ3) is 7.93. The number of nitrogens with zero attached hydrogens (tertiary/aromatic N) is 1. The van der Waals surface area contributed by atoms with Crippen LogP contribution >= 0.6 is 7.82 Å². The maximum Gasteiger partial charge on any atom is 0.471 e. The number of ether oxygens (including phenoxy) is 1. The standard InChI is InChI=1S/C17H28N3O7P/c1-6-7-12(15(18)21)9-19-13-8-14(11-26-28(23,24)25-5)20(10-13)16(22)27-17(2,3)4/h6-7,9,13-14H,1,8,10-11H2,2-5H3,(H2,18,21)(H,23,24)/p+1/b12-7+,19-9?. The third-order valence-corrected chi connectivity index (χ3v) is 4.70. The second-order valence-corrected chi connectivity index (χ2v) is 8.76. The summed E-state index contributed by atoms with van der Waals surface area (Å²) in [6.45, 7) is 8.75. The van der Waals surface area contributed by atoms with E-state index in [4.69, 9.17) is 15.0 Å². The van der Waals surface area contributed by atoms with Gasteiger partial charge in [0.1, 0.15) is 11.2 Å². The molecule has 4 N–H and O–H groups in total. The van der Waals surface area contributed by atoms with E-state index in [0.717, 1.165) is 7.11 Å². The molecule has 2 amide bonds. The van der Waals surface area contributed by atoms with Gasteiger partial charge >= 0.3 is 13.9 Å². The molecule has 0 aromatic carbocycles. The quantitative estimate of drug-likeness (QED) is 0.216. The normalized spacial score (nSPS) is 22.9. The zero-order valence-electron chi connectivity index (χ0n) is 16.6. The highest BCUT2D eigenvalue weighted by molar-refractivity contribution is 7.47. The van der Waals surface area contributed by atoms with Crippen LogP contribution in [0.1, 0.15) is 27.2 Å². The van der Waals surface area contributed by atoms with Crippen molar-refractivity contribution in [1.82, 2.24) is 4.90 Å². The van der Waals surface area contributed by atoms with Crippen molar-refractivity contribution in [3.63, 3.8) is 0 Å². The molecule has 0 spiro atoms. The Morgan fingerprint density at radius 2 is 2.07 bits per heavy atom.